The van der Waals surface area contributed by atoms with E-state index in [-0.39, 0.29) is 0 Å². The highest BCUT2D eigenvalue weighted by atomic mass is 127. The summed E-state index contributed by atoms with van der Waals surface area (Å²) in [6.45, 7) is 0. The standard InChI is InChI=1S/C15H13IO2/c16-14-10-13(15(17)18)9-8-12(14)7-6-11-4-2-1-3-5-11/h1-5,8-10H,6-7H2,(H,17,18). The Morgan fingerprint density at radius 1 is 1.06 bits per heavy atom. The third-order valence-electron chi connectivity index (χ3n) is 2.83. The van der Waals surface area contributed by atoms with Crippen molar-refractivity contribution in [2.75, 3.05) is 0 Å². The summed E-state index contributed by atoms with van der Waals surface area (Å²) in [6.07, 6.45) is 1.91. The summed E-state index contributed by atoms with van der Waals surface area (Å²) >= 11 is 2.20. The van der Waals surface area contributed by atoms with Gasteiger partial charge < -0.3 is 5.11 Å². The lowest BCUT2D eigenvalue weighted by Gasteiger charge is -2.06. The molecule has 0 saturated carbocycles. The molecule has 2 aromatic rings. The molecule has 2 aromatic carbocycles. The van der Waals surface area contributed by atoms with Crippen molar-refractivity contribution in [2.45, 2.75) is 12.8 Å². The van der Waals surface area contributed by atoms with Crippen LogP contribution in [0.15, 0.2) is 48.5 Å². The van der Waals surface area contributed by atoms with Crippen LogP contribution in [0.4, 0.5) is 0 Å². The van der Waals surface area contributed by atoms with E-state index in [9.17, 15) is 4.79 Å². The first-order valence-corrected chi connectivity index (χ1v) is 6.80. The normalized spacial score (nSPS) is 10.3. The van der Waals surface area contributed by atoms with E-state index in [2.05, 4.69) is 34.7 Å². The molecule has 2 rings (SSSR count). The second kappa shape index (κ2) is 6.00. The maximum atomic E-state index is 10.8. The van der Waals surface area contributed by atoms with Gasteiger partial charge >= 0.3 is 5.97 Å². The molecule has 2 nitrogen and oxygen atoms in total. The first-order valence-electron chi connectivity index (χ1n) is 5.72. The molecule has 0 heterocycles. The fourth-order valence-electron chi connectivity index (χ4n) is 1.81. The Balaban J connectivity index is 2.08. The molecule has 0 amide bonds. The number of aryl methyl sites for hydroxylation is 2. The molecule has 0 radical (unpaired) electrons. The average molecular weight is 352 g/mol. The van der Waals surface area contributed by atoms with Crippen LogP contribution in [-0.4, -0.2) is 11.1 Å². The minimum atomic E-state index is -0.873. The molecule has 0 saturated heterocycles. The van der Waals surface area contributed by atoms with Crippen molar-refractivity contribution >= 4 is 28.6 Å². The van der Waals surface area contributed by atoms with Gasteiger partial charge in [0.15, 0.2) is 0 Å². The van der Waals surface area contributed by atoms with Crippen molar-refractivity contribution in [1.29, 1.82) is 0 Å². The quantitative estimate of drug-likeness (QED) is 0.851. The summed E-state index contributed by atoms with van der Waals surface area (Å²) in [5.41, 5.74) is 2.85. The SMILES string of the molecule is O=C(O)c1ccc(CCc2ccccc2)c(I)c1. The Morgan fingerprint density at radius 2 is 1.78 bits per heavy atom. The van der Waals surface area contributed by atoms with Crippen LogP contribution in [-0.2, 0) is 12.8 Å². The summed E-state index contributed by atoms with van der Waals surface area (Å²) in [4.78, 5) is 10.8. The molecule has 0 atom stereocenters. The van der Waals surface area contributed by atoms with Crippen LogP contribution < -0.4 is 0 Å². The number of hydrogen-bond acceptors (Lipinski definition) is 1. The van der Waals surface area contributed by atoms with E-state index in [1.54, 1.807) is 12.1 Å². The molecule has 92 valence electrons. The van der Waals surface area contributed by atoms with Crippen LogP contribution in [0.1, 0.15) is 21.5 Å². The fourth-order valence-corrected chi connectivity index (χ4v) is 2.59. The van der Waals surface area contributed by atoms with Crippen LogP contribution in [0.25, 0.3) is 0 Å². The van der Waals surface area contributed by atoms with Gasteiger partial charge in [0.05, 0.1) is 5.56 Å². The van der Waals surface area contributed by atoms with Gasteiger partial charge in [-0.1, -0.05) is 36.4 Å². The third kappa shape index (κ3) is 3.32. The van der Waals surface area contributed by atoms with Crippen molar-refractivity contribution in [2.24, 2.45) is 0 Å². The number of hydrogen-bond donors (Lipinski definition) is 1. The van der Waals surface area contributed by atoms with Gasteiger partial charge in [-0.2, -0.15) is 0 Å². The highest BCUT2D eigenvalue weighted by molar-refractivity contribution is 14.1. The van der Waals surface area contributed by atoms with Crippen molar-refractivity contribution in [3.63, 3.8) is 0 Å². The first kappa shape index (κ1) is 13.1. The zero-order valence-corrected chi connectivity index (χ0v) is 11.9. The average Bonchev–Trinajstić information content (AvgIpc) is 2.38. The van der Waals surface area contributed by atoms with Crippen molar-refractivity contribution < 1.29 is 9.90 Å². The molecule has 0 aliphatic rings. The Morgan fingerprint density at radius 3 is 2.39 bits per heavy atom. The lowest BCUT2D eigenvalue weighted by molar-refractivity contribution is 0.0697. The highest BCUT2D eigenvalue weighted by Crippen LogP contribution is 2.17. The summed E-state index contributed by atoms with van der Waals surface area (Å²) < 4.78 is 1.02. The molecular weight excluding hydrogens is 339 g/mol. The molecule has 1 N–H and O–H groups in total. The molecule has 0 unspecified atom stereocenters. The zero-order chi connectivity index (χ0) is 13.0. The van der Waals surface area contributed by atoms with Crippen LogP contribution in [0.5, 0.6) is 0 Å². The first-order chi connectivity index (χ1) is 8.66. The molecule has 0 fully saturated rings. The molecule has 18 heavy (non-hydrogen) atoms. The van der Waals surface area contributed by atoms with Gasteiger partial charge in [0.1, 0.15) is 0 Å². The second-order valence-corrected chi connectivity index (χ2v) is 5.26. The Labute approximate surface area is 120 Å². The van der Waals surface area contributed by atoms with Crippen LogP contribution in [0, 0.1) is 3.57 Å². The predicted octanol–water partition coefficient (Wildman–Crippen LogP) is 3.77. The number of benzene rings is 2. The summed E-state index contributed by atoms with van der Waals surface area (Å²) in [5.74, 6) is -0.873. The van der Waals surface area contributed by atoms with Crippen molar-refractivity contribution in [1.82, 2.24) is 0 Å². The van der Waals surface area contributed by atoms with Gasteiger partial charge in [-0.25, -0.2) is 4.79 Å². The van der Waals surface area contributed by atoms with E-state index < -0.39 is 5.97 Å². The number of carboxylic acid groups (broad SMARTS) is 1. The van der Waals surface area contributed by atoms with Gasteiger partial charge in [-0.3, -0.25) is 0 Å². The number of carboxylic acids is 1. The van der Waals surface area contributed by atoms with Gasteiger partial charge in [-0.15, -0.1) is 0 Å². The van der Waals surface area contributed by atoms with Crippen LogP contribution in [0.2, 0.25) is 0 Å². The summed E-state index contributed by atoms with van der Waals surface area (Å²) in [6, 6.07) is 15.6. The lowest BCUT2D eigenvalue weighted by Crippen LogP contribution is -2.00. The predicted molar refractivity (Wildman–Crippen MR) is 80.0 cm³/mol. The zero-order valence-electron chi connectivity index (χ0n) is 9.77. The number of rotatable bonds is 4. The Bertz CT molecular complexity index is 550. The number of aromatic carboxylic acids is 1. The van der Waals surface area contributed by atoms with Gasteiger partial charge in [-0.05, 0) is 58.7 Å². The maximum Gasteiger partial charge on any atom is 0.335 e. The molecule has 0 aliphatic carbocycles. The smallest absolute Gasteiger partial charge is 0.335 e. The summed E-state index contributed by atoms with van der Waals surface area (Å²) in [7, 11) is 0. The van der Waals surface area contributed by atoms with Crippen molar-refractivity contribution in [3.05, 3.63) is 68.8 Å². The molecule has 0 aliphatic heterocycles. The van der Waals surface area contributed by atoms with Crippen LogP contribution in [0.3, 0.4) is 0 Å². The largest absolute Gasteiger partial charge is 0.478 e. The fraction of sp³-hybridized carbons (Fsp3) is 0.133. The Kier molecular flexibility index (Phi) is 4.36. The summed E-state index contributed by atoms with van der Waals surface area (Å²) in [5, 5.41) is 8.90. The van der Waals surface area contributed by atoms with E-state index in [1.165, 1.54) is 11.1 Å². The molecule has 0 spiro atoms. The highest BCUT2D eigenvalue weighted by Gasteiger charge is 2.06. The lowest BCUT2D eigenvalue weighted by atomic mass is 10.0. The number of carbonyl (C=O) groups is 1. The van der Waals surface area contributed by atoms with E-state index in [0.717, 1.165) is 16.4 Å². The monoisotopic (exact) mass is 352 g/mol. The topological polar surface area (TPSA) is 37.3 Å². The van der Waals surface area contributed by atoms with Gasteiger partial charge in [0, 0.05) is 3.57 Å². The molecular formula is C15H13IO2. The minimum absolute atomic E-state index is 0.350. The van der Waals surface area contributed by atoms with E-state index in [0.29, 0.717) is 5.56 Å². The maximum absolute atomic E-state index is 10.8. The van der Waals surface area contributed by atoms with E-state index in [4.69, 9.17) is 5.11 Å². The second-order valence-electron chi connectivity index (χ2n) is 4.10. The van der Waals surface area contributed by atoms with E-state index in [1.807, 2.05) is 24.3 Å². The molecule has 0 bridgehead atoms. The van der Waals surface area contributed by atoms with Gasteiger partial charge in [0.2, 0.25) is 0 Å². The van der Waals surface area contributed by atoms with Crippen LogP contribution >= 0.6 is 22.6 Å². The van der Waals surface area contributed by atoms with Gasteiger partial charge in [0.25, 0.3) is 0 Å². The Hall–Kier alpha value is -1.36. The molecule has 0 aromatic heterocycles. The number of halogens is 1. The molecule has 3 heteroatoms. The minimum Gasteiger partial charge on any atom is -0.478 e. The third-order valence-corrected chi connectivity index (χ3v) is 3.83. The van der Waals surface area contributed by atoms with Crippen molar-refractivity contribution in [3.8, 4) is 0 Å². The van der Waals surface area contributed by atoms with E-state index >= 15 is 0 Å².